The van der Waals surface area contributed by atoms with E-state index in [1.807, 2.05) is 30.3 Å². The summed E-state index contributed by atoms with van der Waals surface area (Å²) in [6.45, 7) is 0.598. The van der Waals surface area contributed by atoms with E-state index in [1.54, 1.807) is 4.90 Å². The van der Waals surface area contributed by atoms with E-state index in [9.17, 15) is 14.4 Å². The van der Waals surface area contributed by atoms with Crippen LogP contribution < -0.4 is 5.32 Å². The fraction of sp³-hybridized carbons (Fsp3) is 0.542. The lowest BCUT2D eigenvalue weighted by atomic mass is 9.84. The predicted octanol–water partition coefficient (Wildman–Crippen LogP) is 3.54. The lowest BCUT2D eigenvalue weighted by Crippen LogP contribution is -2.52. The van der Waals surface area contributed by atoms with Crippen molar-refractivity contribution in [1.82, 2.24) is 10.2 Å². The first-order valence-corrected chi connectivity index (χ1v) is 12.2. The van der Waals surface area contributed by atoms with Gasteiger partial charge in [-0.15, -0.1) is 11.3 Å². The molecule has 3 fully saturated rings. The maximum atomic E-state index is 13.6. The molecule has 6 nitrogen and oxygen atoms in total. The predicted molar refractivity (Wildman–Crippen MR) is 119 cm³/mol. The molecule has 1 saturated carbocycles. The lowest BCUT2D eigenvalue weighted by Gasteiger charge is -2.31. The smallest absolute Gasteiger partial charge is 0.262 e. The first-order valence-electron chi connectivity index (χ1n) is 11.3. The summed E-state index contributed by atoms with van der Waals surface area (Å²) in [6, 6.07) is 8.70. The maximum absolute atomic E-state index is 13.6. The monoisotopic (exact) mass is 440 g/mol. The number of amides is 2. The summed E-state index contributed by atoms with van der Waals surface area (Å²) in [7, 11) is 0. The van der Waals surface area contributed by atoms with Crippen molar-refractivity contribution in [3.63, 3.8) is 0 Å². The standard InChI is InChI=1S/C24H28N2O4S/c27-18-14-30-19-10-11-26(22(18)19)24(29)17(12-15-6-2-1-3-7-15)25-23(28)21-13-16-8-4-5-9-20(16)31-21/h4-5,8-9,13,15,17,19,22H,1-3,6-7,10-12,14H2,(H,25,28)/t17-,19+,22+/m0/s1. The van der Waals surface area contributed by atoms with Crippen LogP contribution in [-0.4, -0.2) is 53.8 Å². The van der Waals surface area contributed by atoms with Gasteiger partial charge >= 0.3 is 0 Å². The lowest BCUT2D eigenvalue weighted by molar-refractivity contribution is -0.138. The number of nitrogens with zero attached hydrogens (tertiary/aromatic N) is 1. The van der Waals surface area contributed by atoms with E-state index in [-0.39, 0.29) is 30.3 Å². The van der Waals surface area contributed by atoms with Crippen molar-refractivity contribution in [3.05, 3.63) is 35.2 Å². The van der Waals surface area contributed by atoms with E-state index in [0.717, 1.165) is 22.9 Å². The van der Waals surface area contributed by atoms with Crippen LogP contribution in [-0.2, 0) is 14.3 Å². The third-order valence-corrected chi connectivity index (χ3v) is 8.06. The summed E-state index contributed by atoms with van der Waals surface area (Å²) < 4.78 is 6.61. The van der Waals surface area contributed by atoms with E-state index in [2.05, 4.69) is 5.32 Å². The minimum Gasteiger partial charge on any atom is -0.368 e. The number of rotatable bonds is 5. The number of hydrogen-bond acceptors (Lipinski definition) is 5. The topological polar surface area (TPSA) is 75.7 Å². The Morgan fingerprint density at radius 3 is 2.77 bits per heavy atom. The van der Waals surface area contributed by atoms with Gasteiger partial charge in [0.05, 0.1) is 11.0 Å². The van der Waals surface area contributed by atoms with Gasteiger partial charge in [-0.3, -0.25) is 14.4 Å². The number of thiophene rings is 1. The Morgan fingerprint density at radius 2 is 1.97 bits per heavy atom. The third-order valence-electron chi connectivity index (χ3n) is 6.94. The molecule has 2 saturated heterocycles. The van der Waals surface area contributed by atoms with Crippen molar-refractivity contribution in [3.8, 4) is 0 Å². The fourth-order valence-electron chi connectivity index (χ4n) is 5.34. The highest BCUT2D eigenvalue weighted by atomic mass is 32.1. The van der Waals surface area contributed by atoms with Crippen molar-refractivity contribution < 1.29 is 19.1 Å². The van der Waals surface area contributed by atoms with Gasteiger partial charge in [-0.05, 0) is 36.3 Å². The second-order valence-corrected chi connectivity index (χ2v) is 10.1. The molecule has 0 unspecified atom stereocenters. The third kappa shape index (κ3) is 4.13. The van der Waals surface area contributed by atoms with Crippen LogP contribution in [0.2, 0.25) is 0 Å². The minimum atomic E-state index is -0.604. The van der Waals surface area contributed by atoms with Crippen LogP contribution in [0.25, 0.3) is 10.1 Å². The molecule has 0 bridgehead atoms. The molecule has 31 heavy (non-hydrogen) atoms. The highest BCUT2D eigenvalue weighted by molar-refractivity contribution is 7.20. The molecular formula is C24H28N2O4S. The van der Waals surface area contributed by atoms with Gasteiger partial charge in [0, 0.05) is 11.2 Å². The van der Waals surface area contributed by atoms with Crippen LogP contribution in [0.1, 0.15) is 54.6 Å². The van der Waals surface area contributed by atoms with Gasteiger partial charge in [0.2, 0.25) is 5.91 Å². The number of likely N-dealkylation sites (tertiary alicyclic amines) is 1. The molecule has 3 aliphatic rings. The summed E-state index contributed by atoms with van der Waals surface area (Å²) >= 11 is 1.44. The molecule has 5 rings (SSSR count). The zero-order valence-electron chi connectivity index (χ0n) is 17.5. The van der Waals surface area contributed by atoms with Gasteiger partial charge in [-0.2, -0.15) is 0 Å². The summed E-state index contributed by atoms with van der Waals surface area (Å²) in [4.78, 5) is 41.3. The first kappa shape index (κ1) is 20.6. The Hall–Kier alpha value is -2.25. The number of fused-ring (bicyclic) bond motifs is 2. The van der Waals surface area contributed by atoms with Crippen molar-refractivity contribution >= 4 is 39.0 Å². The summed E-state index contributed by atoms with van der Waals surface area (Å²) in [5, 5.41) is 4.07. The van der Waals surface area contributed by atoms with Crippen molar-refractivity contribution in [2.45, 2.75) is 63.1 Å². The largest absolute Gasteiger partial charge is 0.368 e. The molecule has 164 valence electrons. The molecule has 2 amide bonds. The van der Waals surface area contributed by atoms with Crippen LogP contribution in [0, 0.1) is 5.92 Å². The van der Waals surface area contributed by atoms with E-state index in [4.69, 9.17) is 4.74 Å². The minimum absolute atomic E-state index is 0.0249. The van der Waals surface area contributed by atoms with Crippen molar-refractivity contribution in [2.24, 2.45) is 5.92 Å². The van der Waals surface area contributed by atoms with E-state index < -0.39 is 12.1 Å². The van der Waals surface area contributed by atoms with Crippen LogP contribution in [0.4, 0.5) is 0 Å². The molecule has 3 atom stereocenters. The summed E-state index contributed by atoms with van der Waals surface area (Å²) in [5.74, 6) is 0.0638. The number of Topliss-reactive ketones (excluding diaryl/α,β-unsaturated/α-hetero) is 1. The molecule has 1 aliphatic carbocycles. The van der Waals surface area contributed by atoms with Crippen molar-refractivity contribution in [2.75, 3.05) is 13.2 Å². The Labute approximate surface area is 185 Å². The number of ether oxygens (including phenoxy) is 1. The van der Waals surface area contributed by atoms with E-state index in [0.29, 0.717) is 30.2 Å². The van der Waals surface area contributed by atoms with Crippen LogP contribution in [0.3, 0.4) is 0 Å². The number of nitrogens with one attached hydrogen (secondary N) is 1. The van der Waals surface area contributed by atoms with Crippen LogP contribution in [0.15, 0.2) is 30.3 Å². The summed E-state index contributed by atoms with van der Waals surface area (Å²) in [6.07, 6.45) is 6.91. The SMILES string of the molecule is O=C(N[C@@H](CC1CCCCC1)C(=O)N1CC[C@H]2OCC(=O)[C@H]21)c1cc2ccccc2s1. The molecule has 2 aliphatic heterocycles. The molecule has 0 spiro atoms. The molecule has 2 aromatic rings. The molecule has 1 N–H and O–H groups in total. The van der Waals surface area contributed by atoms with Gasteiger partial charge in [0.1, 0.15) is 18.7 Å². The average molecular weight is 441 g/mol. The van der Waals surface area contributed by atoms with Crippen LogP contribution >= 0.6 is 11.3 Å². The Balaban J connectivity index is 1.36. The zero-order chi connectivity index (χ0) is 21.4. The van der Waals surface area contributed by atoms with Gasteiger partial charge in [-0.25, -0.2) is 0 Å². The molecule has 1 aromatic heterocycles. The van der Waals surface area contributed by atoms with Crippen molar-refractivity contribution in [1.29, 1.82) is 0 Å². The average Bonchev–Trinajstić information content (AvgIpc) is 3.49. The van der Waals surface area contributed by atoms with E-state index >= 15 is 0 Å². The Kier molecular flexibility index (Phi) is 5.80. The highest BCUT2D eigenvalue weighted by Crippen LogP contribution is 2.32. The molecule has 0 radical (unpaired) electrons. The number of ketones is 1. The second kappa shape index (κ2) is 8.71. The van der Waals surface area contributed by atoms with Gasteiger partial charge in [0.25, 0.3) is 5.91 Å². The molecule has 7 heteroatoms. The number of hydrogen-bond donors (Lipinski definition) is 1. The van der Waals surface area contributed by atoms with Gasteiger partial charge < -0.3 is 15.0 Å². The van der Waals surface area contributed by atoms with Crippen LogP contribution in [0.5, 0.6) is 0 Å². The molecule has 3 heterocycles. The van der Waals surface area contributed by atoms with Gasteiger partial charge in [-0.1, -0.05) is 50.3 Å². The molecular weight excluding hydrogens is 412 g/mol. The number of benzene rings is 1. The Bertz CT molecular complexity index is 963. The quantitative estimate of drug-likeness (QED) is 0.772. The Morgan fingerprint density at radius 1 is 1.16 bits per heavy atom. The van der Waals surface area contributed by atoms with E-state index in [1.165, 1.54) is 30.6 Å². The summed E-state index contributed by atoms with van der Waals surface area (Å²) in [5.41, 5.74) is 0. The van der Waals surface area contributed by atoms with Gasteiger partial charge in [0.15, 0.2) is 5.78 Å². The second-order valence-electron chi connectivity index (χ2n) is 9.00. The number of carbonyl (C=O) groups excluding carboxylic acids is 3. The first-order chi connectivity index (χ1) is 15.1. The normalized spacial score (nSPS) is 25.0. The fourth-order valence-corrected chi connectivity index (χ4v) is 6.31. The molecule has 1 aromatic carbocycles. The zero-order valence-corrected chi connectivity index (χ0v) is 18.4. The highest BCUT2D eigenvalue weighted by Gasteiger charge is 2.48. The number of carbonyl (C=O) groups is 3. The maximum Gasteiger partial charge on any atom is 0.262 e.